The summed E-state index contributed by atoms with van der Waals surface area (Å²) >= 11 is 0. The normalized spacial score (nSPS) is 13.1. The van der Waals surface area contributed by atoms with Crippen LogP contribution in [0, 0.1) is 0 Å². The molecular weight excluding hydrogens is 368 g/mol. The average molecular weight is 394 g/mol. The van der Waals surface area contributed by atoms with E-state index in [4.69, 9.17) is 23.7 Å². The Labute approximate surface area is 171 Å². The Kier molecular flexibility index (Phi) is 6.50. The van der Waals surface area contributed by atoms with Crippen LogP contribution in [0.4, 0.5) is 0 Å². The molecule has 0 radical (unpaired) electrons. The molecule has 5 heteroatoms. The van der Waals surface area contributed by atoms with Crippen molar-refractivity contribution in [2.45, 2.75) is 6.42 Å². The maximum absolute atomic E-state index is 5.66. The fraction of sp³-hybridized carbons (Fsp3) is 0.250. The van der Waals surface area contributed by atoms with E-state index in [0.29, 0.717) is 17.2 Å². The minimum Gasteiger partial charge on any atom is -0.497 e. The summed E-state index contributed by atoms with van der Waals surface area (Å²) in [5, 5.41) is 0. The van der Waals surface area contributed by atoms with E-state index in [2.05, 4.69) is 24.3 Å². The Morgan fingerprint density at radius 1 is 0.759 bits per heavy atom. The van der Waals surface area contributed by atoms with Crippen molar-refractivity contribution >= 4 is 11.6 Å². The summed E-state index contributed by atoms with van der Waals surface area (Å²) in [4.78, 5) is 0. The standard InChI is InChI=1S/C24H26O5/c1-25-18-10-11-19(22(14-18)27-3)20(16-8-6-7-9-16)12-17-13-23(28-4)24(29-5)15-21(17)26-2/h6-8,10-15H,9H2,1-5H3/b20-12+. The second-order valence-electron chi connectivity index (χ2n) is 6.40. The highest BCUT2D eigenvalue weighted by Crippen LogP contribution is 2.41. The molecule has 0 atom stereocenters. The highest BCUT2D eigenvalue weighted by Gasteiger charge is 2.17. The van der Waals surface area contributed by atoms with Crippen molar-refractivity contribution in [2.75, 3.05) is 35.5 Å². The van der Waals surface area contributed by atoms with E-state index in [9.17, 15) is 0 Å². The van der Waals surface area contributed by atoms with E-state index in [0.717, 1.165) is 34.6 Å². The van der Waals surface area contributed by atoms with Crippen LogP contribution in [0.25, 0.3) is 11.6 Å². The van der Waals surface area contributed by atoms with Gasteiger partial charge in [-0.1, -0.05) is 18.2 Å². The molecule has 29 heavy (non-hydrogen) atoms. The van der Waals surface area contributed by atoms with Crippen LogP contribution in [0.5, 0.6) is 28.7 Å². The van der Waals surface area contributed by atoms with Gasteiger partial charge in [0.05, 0.1) is 35.5 Å². The van der Waals surface area contributed by atoms with Gasteiger partial charge in [0, 0.05) is 23.3 Å². The summed E-state index contributed by atoms with van der Waals surface area (Å²) in [5.41, 5.74) is 4.08. The van der Waals surface area contributed by atoms with Crippen molar-refractivity contribution in [2.24, 2.45) is 0 Å². The lowest BCUT2D eigenvalue weighted by Gasteiger charge is -2.17. The highest BCUT2D eigenvalue weighted by molar-refractivity contribution is 5.95. The number of allylic oxidation sites excluding steroid dienone is 5. The molecule has 152 valence electrons. The first-order chi connectivity index (χ1) is 14.1. The first kappa shape index (κ1) is 20.4. The molecule has 0 N–H and O–H groups in total. The van der Waals surface area contributed by atoms with Crippen LogP contribution in [0.2, 0.25) is 0 Å². The average Bonchev–Trinajstić information content (AvgIpc) is 3.31. The summed E-state index contributed by atoms with van der Waals surface area (Å²) in [6.07, 6.45) is 9.24. The van der Waals surface area contributed by atoms with Crippen LogP contribution < -0.4 is 23.7 Å². The van der Waals surface area contributed by atoms with Crippen molar-refractivity contribution in [3.8, 4) is 28.7 Å². The molecule has 3 rings (SSSR count). The van der Waals surface area contributed by atoms with E-state index in [1.807, 2.05) is 30.3 Å². The van der Waals surface area contributed by atoms with Gasteiger partial charge in [0.2, 0.25) is 0 Å². The second-order valence-corrected chi connectivity index (χ2v) is 6.40. The van der Waals surface area contributed by atoms with Gasteiger partial charge in [-0.05, 0) is 41.8 Å². The summed E-state index contributed by atoms with van der Waals surface area (Å²) < 4.78 is 27.5. The Hall–Kier alpha value is -3.34. The van der Waals surface area contributed by atoms with Crippen LogP contribution in [0.15, 0.2) is 54.1 Å². The van der Waals surface area contributed by atoms with Crippen molar-refractivity contribution < 1.29 is 23.7 Å². The molecule has 0 aromatic heterocycles. The fourth-order valence-electron chi connectivity index (χ4n) is 3.33. The lowest BCUT2D eigenvalue weighted by molar-refractivity contribution is 0.348. The van der Waals surface area contributed by atoms with E-state index >= 15 is 0 Å². The Morgan fingerprint density at radius 2 is 1.45 bits per heavy atom. The summed E-state index contributed by atoms with van der Waals surface area (Å²) in [7, 11) is 8.17. The fourth-order valence-corrected chi connectivity index (χ4v) is 3.33. The van der Waals surface area contributed by atoms with Gasteiger partial charge in [-0.25, -0.2) is 0 Å². The summed E-state index contributed by atoms with van der Waals surface area (Å²) in [5.74, 6) is 3.43. The molecule has 2 aromatic rings. The maximum atomic E-state index is 5.66. The molecule has 1 aliphatic rings. The van der Waals surface area contributed by atoms with Gasteiger partial charge < -0.3 is 23.7 Å². The van der Waals surface area contributed by atoms with Gasteiger partial charge in [0.15, 0.2) is 11.5 Å². The third-order valence-electron chi connectivity index (χ3n) is 4.85. The van der Waals surface area contributed by atoms with Crippen molar-refractivity contribution in [3.05, 3.63) is 65.3 Å². The van der Waals surface area contributed by atoms with Crippen LogP contribution >= 0.6 is 0 Å². The molecule has 1 aliphatic carbocycles. The van der Waals surface area contributed by atoms with Gasteiger partial charge in [-0.15, -0.1) is 0 Å². The SMILES string of the molecule is COc1ccc(/C(=C/c2cc(OC)c(OC)cc2OC)C2=CC=CC2)c(OC)c1. The number of methoxy groups -OCH3 is 5. The quantitative estimate of drug-likeness (QED) is 0.579. The minimum absolute atomic E-state index is 0.617. The molecule has 0 unspecified atom stereocenters. The van der Waals surface area contributed by atoms with Gasteiger partial charge >= 0.3 is 0 Å². The van der Waals surface area contributed by atoms with Crippen molar-refractivity contribution in [1.82, 2.24) is 0 Å². The second kappa shape index (κ2) is 9.24. The smallest absolute Gasteiger partial charge is 0.164 e. The molecule has 0 heterocycles. The molecule has 2 aromatic carbocycles. The predicted molar refractivity (Wildman–Crippen MR) is 115 cm³/mol. The Bertz CT molecular complexity index is 969. The van der Waals surface area contributed by atoms with Gasteiger partial charge in [0.25, 0.3) is 0 Å². The first-order valence-electron chi connectivity index (χ1n) is 9.25. The zero-order valence-corrected chi connectivity index (χ0v) is 17.4. The molecule has 0 spiro atoms. The molecule has 0 bridgehead atoms. The zero-order valence-electron chi connectivity index (χ0n) is 17.4. The Balaban J connectivity index is 2.20. The maximum Gasteiger partial charge on any atom is 0.164 e. The first-order valence-corrected chi connectivity index (χ1v) is 9.25. The topological polar surface area (TPSA) is 46.2 Å². The van der Waals surface area contributed by atoms with Crippen molar-refractivity contribution in [1.29, 1.82) is 0 Å². The molecule has 0 aliphatic heterocycles. The number of benzene rings is 2. The summed E-state index contributed by atoms with van der Waals surface area (Å²) in [6.45, 7) is 0. The molecule has 0 amide bonds. The van der Waals surface area contributed by atoms with Crippen LogP contribution in [-0.4, -0.2) is 35.5 Å². The predicted octanol–water partition coefficient (Wildman–Crippen LogP) is 5.16. The monoisotopic (exact) mass is 394 g/mol. The largest absolute Gasteiger partial charge is 0.497 e. The van der Waals surface area contributed by atoms with Gasteiger partial charge in [-0.2, -0.15) is 0 Å². The Morgan fingerprint density at radius 3 is 2.03 bits per heavy atom. The van der Waals surface area contributed by atoms with E-state index in [1.54, 1.807) is 35.5 Å². The molecule has 0 saturated heterocycles. The summed E-state index contributed by atoms with van der Waals surface area (Å²) in [6, 6.07) is 9.57. The molecule has 5 nitrogen and oxygen atoms in total. The minimum atomic E-state index is 0.617. The van der Waals surface area contributed by atoms with Crippen LogP contribution in [-0.2, 0) is 0 Å². The van der Waals surface area contributed by atoms with E-state index in [-0.39, 0.29) is 0 Å². The lowest BCUT2D eigenvalue weighted by Crippen LogP contribution is -1.97. The third kappa shape index (κ3) is 4.24. The van der Waals surface area contributed by atoms with E-state index < -0.39 is 0 Å². The molecule has 0 fully saturated rings. The third-order valence-corrected chi connectivity index (χ3v) is 4.85. The molecular formula is C24H26O5. The highest BCUT2D eigenvalue weighted by atomic mass is 16.5. The number of rotatable bonds is 8. The van der Waals surface area contributed by atoms with Gasteiger partial charge in [-0.3, -0.25) is 0 Å². The zero-order chi connectivity index (χ0) is 20.8. The molecule has 0 saturated carbocycles. The van der Waals surface area contributed by atoms with Crippen molar-refractivity contribution in [3.63, 3.8) is 0 Å². The van der Waals surface area contributed by atoms with Gasteiger partial charge in [0.1, 0.15) is 17.2 Å². The number of hydrogen-bond acceptors (Lipinski definition) is 5. The van der Waals surface area contributed by atoms with Crippen LogP contribution in [0.3, 0.4) is 0 Å². The van der Waals surface area contributed by atoms with Crippen LogP contribution in [0.1, 0.15) is 17.5 Å². The number of hydrogen-bond donors (Lipinski definition) is 0. The number of ether oxygens (including phenoxy) is 5. The lowest BCUT2D eigenvalue weighted by atomic mass is 9.93. The van der Waals surface area contributed by atoms with E-state index in [1.165, 1.54) is 5.57 Å².